The van der Waals surface area contributed by atoms with Gasteiger partial charge in [-0.15, -0.1) is 11.6 Å². The summed E-state index contributed by atoms with van der Waals surface area (Å²) < 4.78 is 0.749. The molecule has 6 heteroatoms. The summed E-state index contributed by atoms with van der Waals surface area (Å²) in [4.78, 5) is 8.53. The van der Waals surface area contributed by atoms with Gasteiger partial charge in [-0.1, -0.05) is 29.8 Å². The Hall–Kier alpha value is -1.43. The van der Waals surface area contributed by atoms with Gasteiger partial charge in [0.05, 0.1) is 6.04 Å². The highest BCUT2D eigenvalue weighted by Gasteiger charge is 2.12. The SMILES string of the molecule is Cc1ccc(CC(CCl)N=C(NO)c2ccncc2Br)cc1. The molecule has 0 aliphatic carbocycles. The first-order chi connectivity index (χ1) is 10.6. The Labute approximate surface area is 143 Å². The van der Waals surface area contributed by atoms with Crippen molar-refractivity contribution < 1.29 is 5.21 Å². The monoisotopic (exact) mass is 381 g/mol. The number of rotatable bonds is 5. The van der Waals surface area contributed by atoms with E-state index in [0.717, 1.165) is 15.6 Å². The molecule has 1 heterocycles. The third-order valence-electron chi connectivity index (χ3n) is 3.22. The fourth-order valence-electron chi connectivity index (χ4n) is 2.04. The predicted octanol–water partition coefficient (Wildman–Crippen LogP) is 3.73. The van der Waals surface area contributed by atoms with Crippen LogP contribution in [0.1, 0.15) is 16.7 Å². The van der Waals surface area contributed by atoms with Crippen molar-refractivity contribution in [3.63, 3.8) is 0 Å². The number of hydrogen-bond acceptors (Lipinski definition) is 3. The van der Waals surface area contributed by atoms with Crippen molar-refractivity contribution in [2.75, 3.05) is 5.88 Å². The normalized spacial score (nSPS) is 13.0. The zero-order valence-corrected chi connectivity index (χ0v) is 14.5. The first kappa shape index (κ1) is 16.9. The van der Waals surface area contributed by atoms with Crippen LogP contribution in [0.3, 0.4) is 0 Å². The van der Waals surface area contributed by atoms with E-state index < -0.39 is 0 Å². The average molecular weight is 383 g/mol. The Morgan fingerprint density at radius 2 is 2.09 bits per heavy atom. The van der Waals surface area contributed by atoms with Crippen molar-refractivity contribution in [2.24, 2.45) is 4.99 Å². The molecular formula is C16H17BrClN3O. The van der Waals surface area contributed by atoms with Gasteiger partial charge in [0.15, 0.2) is 5.84 Å². The van der Waals surface area contributed by atoms with Crippen molar-refractivity contribution >= 4 is 33.4 Å². The van der Waals surface area contributed by atoms with E-state index in [0.29, 0.717) is 18.1 Å². The minimum absolute atomic E-state index is 0.140. The molecule has 2 N–H and O–H groups in total. The Kier molecular flexibility index (Phi) is 6.36. The molecule has 0 saturated carbocycles. The quantitative estimate of drug-likeness (QED) is 0.358. The lowest BCUT2D eigenvalue weighted by Gasteiger charge is -2.13. The lowest BCUT2D eigenvalue weighted by Crippen LogP contribution is -2.25. The summed E-state index contributed by atoms with van der Waals surface area (Å²) in [7, 11) is 0. The predicted molar refractivity (Wildman–Crippen MR) is 92.8 cm³/mol. The highest BCUT2D eigenvalue weighted by Crippen LogP contribution is 2.16. The molecular weight excluding hydrogens is 366 g/mol. The number of amidine groups is 1. The summed E-state index contributed by atoms with van der Waals surface area (Å²) in [5, 5.41) is 9.39. The van der Waals surface area contributed by atoms with E-state index in [-0.39, 0.29) is 6.04 Å². The number of pyridine rings is 1. The van der Waals surface area contributed by atoms with Gasteiger partial charge < -0.3 is 0 Å². The minimum atomic E-state index is -0.140. The zero-order chi connectivity index (χ0) is 15.9. The molecule has 1 atom stereocenters. The third-order valence-corrected chi connectivity index (χ3v) is 4.20. The molecule has 2 aromatic rings. The number of nitrogens with one attached hydrogen (secondary N) is 1. The van der Waals surface area contributed by atoms with E-state index in [1.165, 1.54) is 5.56 Å². The molecule has 22 heavy (non-hydrogen) atoms. The van der Waals surface area contributed by atoms with Crippen LogP contribution in [0.4, 0.5) is 0 Å². The van der Waals surface area contributed by atoms with E-state index in [1.807, 2.05) is 0 Å². The Balaban J connectivity index is 2.22. The second-order valence-electron chi connectivity index (χ2n) is 4.94. The van der Waals surface area contributed by atoms with Crippen LogP contribution in [0, 0.1) is 6.92 Å². The second-order valence-corrected chi connectivity index (χ2v) is 6.11. The molecule has 1 unspecified atom stereocenters. The van der Waals surface area contributed by atoms with E-state index in [1.54, 1.807) is 18.5 Å². The van der Waals surface area contributed by atoms with E-state index in [9.17, 15) is 5.21 Å². The summed E-state index contributed by atoms with van der Waals surface area (Å²) in [6, 6.07) is 9.89. The highest BCUT2D eigenvalue weighted by molar-refractivity contribution is 9.10. The van der Waals surface area contributed by atoms with E-state index in [2.05, 4.69) is 62.6 Å². The maximum atomic E-state index is 9.39. The summed E-state index contributed by atoms with van der Waals surface area (Å²) in [5.41, 5.74) is 5.26. The largest absolute Gasteiger partial charge is 0.290 e. The maximum Gasteiger partial charge on any atom is 0.153 e. The maximum absolute atomic E-state index is 9.39. The molecule has 0 bridgehead atoms. The number of halogens is 2. The number of aryl methyl sites for hydroxylation is 1. The summed E-state index contributed by atoms with van der Waals surface area (Å²) in [5.74, 6) is 0.730. The van der Waals surface area contributed by atoms with Crippen molar-refractivity contribution in [1.82, 2.24) is 10.5 Å². The van der Waals surface area contributed by atoms with Crippen LogP contribution < -0.4 is 5.48 Å². The first-order valence-electron chi connectivity index (χ1n) is 6.83. The van der Waals surface area contributed by atoms with Gasteiger partial charge in [-0.2, -0.15) is 0 Å². The molecule has 4 nitrogen and oxygen atoms in total. The highest BCUT2D eigenvalue weighted by atomic mass is 79.9. The molecule has 0 spiro atoms. The number of hydroxylamine groups is 1. The molecule has 1 aromatic heterocycles. The Morgan fingerprint density at radius 1 is 1.36 bits per heavy atom. The van der Waals surface area contributed by atoms with Gasteiger partial charge in [-0.3, -0.25) is 20.7 Å². The third kappa shape index (κ3) is 4.53. The summed E-state index contributed by atoms with van der Waals surface area (Å²) in [6.45, 7) is 2.05. The molecule has 0 fully saturated rings. The number of hydrogen-bond donors (Lipinski definition) is 2. The van der Waals surface area contributed by atoms with Gasteiger partial charge in [0.25, 0.3) is 0 Å². The Bertz CT molecular complexity index is 646. The lowest BCUT2D eigenvalue weighted by atomic mass is 10.1. The number of alkyl halides is 1. The number of benzene rings is 1. The molecule has 0 saturated heterocycles. The van der Waals surface area contributed by atoms with Crippen LogP contribution in [-0.4, -0.2) is 27.9 Å². The van der Waals surface area contributed by atoms with Crippen LogP contribution in [-0.2, 0) is 6.42 Å². The van der Waals surface area contributed by atoms with Crippen LogP contribution in [0.2, 0.25) is 0 Å². The molecule has 0 amide bonds. The van der Waals surface area contributed by atoms with Crippen molar-refractivity contribution in [3.05, 3.63) is 63.9 Å². The standard InChI is InChI=1S/C16H17BrClN3O/c1-11-2-4-12(5-3-11)8-13(9-18)20-16(21-22)14-6-7-19-10-15(14)17/h2-7,10,13,22H,8-9H2,1H3,(H,20,21). The second kappa shape index (κ2) is 8.27. The summed E-state index contributed by atoms with van der Waals surface area (Å²) in [6.07, 6.45) is 4.00. The first-order valence-corrected chi connectivity index (χ1v) is 8.16. The number of nitrogens with zero attached hydrogens (tertiary/aromatic N) is 2. The van der Waals surface area contributed by atoms with Gasteiger partial charge >= 0.3 is 0 Å². The molecule has 0 radical (unpaired) electrons. The fourth-order valence-corrected chi connectivity index (χ4v) is 2.66. The molecule has 1 aromatic carbocycles. The molecule has 0 aliphatic heterocycles. The van der Waals surface area contributed by atoms with Gasteiger partial charge in [-0.05, 0) is 40.9 Å². The van der Waals surface area contributed by atoms with Gasteiger partial charge in [0.1, 0.15) is 0 Å². The van der Waals surface area contributed by atoms with E-state index >= 15 is 0 Å². The van der Waals surface area contributed by atoms with Crippen molar-refractivity contribution in [1.29, 1.82) is 0 Å². The zero-order valence-electron chi connectivity index (χ0n) is 12.1. The number of aromatic nitrogens is 1. The number of aliphatic imine (C=N–C) groups is 1. The van der Waals surface area contributed by atoms with Crippen LogP contribution in [0.15, 0.2) is 52.2 Å². The fraction of sp³-hybridized carbons (Fsp3) is 0.250. The van der Waals surface area contributed by atoms with Gasteiger partial charge in [-0.25, -0.2) is 0 Å². The average Bonchev–Trinajstić information content (AvgIpc) is 2.54. The van der Waals surface area contributed by atoms with Crippen LogP contribution >= 0.6 is 27.5 Å². The summed E-state index contributed by atoms with van der Waals surface area (Å²) >= 11 is 9.43. The van der Waals surface area contributed by atoms with Crippen LogP contribution in [0.5, 0.6) is 0 Å². The van der Waals surface area contributed by atoms with E-state index in [4.69, 9.17) is 11.6 Å². The molecule has 2 rings (SSSR count). The van der Waals surface area contributed by atoms with Gasteiger partial charge in [0, 0.05) is 28.3 Å². The smallest absolute Gasteiger partial charge is 0.153 e. The van der Waals surface area contributed by atoms with Crippen molar-refractivity contribution in [3.8, 4) is 0 Å². The van der Waals surface area contributed by atoms with Crippen LogP contribution in [0.25, 0.3) is 0 Å². The molecule has 0 aliphatic rings. The topological polar surface area (TPSA) is 57.5 Å². The van der Waals surface area contributed by atoms with Crippen molar-refractivity contribution in [2.45, 2.75) is 19.4 Å². The molecule has 116 valence electrons. The minimum Gasteiger partial charge on any atom is -0.290 e. The lowest BCUT2D eigenvalue weighted by molar-refractivity contribution is 0.234. The van der Waals surface area contributed by atoms with Gasteiger partial charge in [0.2, 0.25) is 0 Å². The Morgan fingerprint density at radius 3 is 2.68 bits per heavy atom.